The molecule has 6 nitrogen and oxygen atoms in total. The molecule has 2 aliphatic rings. The number of rotatable bonds is 3. The van der Waals surface area contributed by atoms with Gasteiger partial charge in [-0.1, -0.05) is 18.2 Å². The van der Waals surface area contributed by atoms with E-state index >= 15 is 0 Å². The first-order valence-corrected chi connectivity index (χ1v) is 10.1. The third-order valence-electron chi connectivity index (χ3n) is 5.04. The first-order chi connectivity index (χ1) is 13.7. The lowest BCUT2D eigenvalue weighted by molar-refractivity contribution is -0.113. The number of anilines is 2. The molecule has 0 radical (unpaired) electrons. The van der Waals surface area contributed by atoms with E-state index < -0.39 is 0 Å². The molecule has 2 aliphatic heterocycles. The molecule has 28 heavy (non-hydrogen) atoms. The SMILES string of the molecule is O=C1C=CCN1c1cccc(-c2csc3c(=O)cc(N4CCOCC4)oc23)c1. The molecule has 1 fully saturated rings. The van der Waals surface area contributed by atoms with E-state index in [9.17, 15) is 9.59 Å². The van der Waals surface area contributed by atoms with Crippen LogP contribution in [0.1, 0.15) is 0 Å². The molecule has 0 spiro atoms. The Balaban J connectivity index is 1.58. The topological polar surface area (TPSA) is 63.0 Å². The fourth-order valence-corrected chi connectivity index (χ4v) is 4.49. The standard InChI is InChI=1S/C21H18N2O4S/c24-17-12-19(22-7-9-26-10-8-22)27-20-16(13-28-21(17)20)14-3-1-4-15(11-14)23-6-2-5-18(23)25/h1-5,11-13H,6-10H2. The summed E-state index contributed by atoms with van der Waals surface area (Å²) in [4.78, 5) is 28.4. The molecule has 0 bridgehead atoms. The van der Waals surface area contributed by atoms with Crippen molar-refractivity contribution in [3.63, 3.8) is 0 Å². The summed E-state index contributed by atoms with van der Waals surface area (Å²) in [5.74, 6) is 0.559. The normalized spacial score (nSPS) is 17.1. The molecule has 3 aromatic rings. The van der Waals surface area contributed by atoms with E-state index in [1.807, 2.05) is 40.6 Å². The van der Waals surface area contributed by atoms with Gasteiger partial charge >= 0.3 is 0 Å². The summed E-state index contributed by atoms with van der Waals surface area (Å²) in [7, 11) is 0. The predicted octanol–water partition coefficient (Wildman–Crippen LogP) is 3.26. The maximum Gasteiger partial charge on any atom is 0.251 e. The molecular formula is C21H18N2O4S. The Morgan fingerprint density at radius 1 is 1.07 bits per heavy atom. The van der Waals surface area contributed by atoms with Gasteiger partial charge in [-0.05, 0) is 17.7 Å². The second kappa shape index (κ2) is 6.92. The molecule has 7 heteroatoms. The van der Waals surface area contributed by atoms with Gasteiger partial charge in [-0.3, -0.25) is 9.59 Å². The fourth-order valence-electron chi connectivity index (χ4n) is 3.58. The van der Waals surface area contributed by atoms with Crippen LogP contribution in [0.4, 0.5) is 11.6 Å². The summed E-state index contributed by atoms with van der Waals surface area (Å²) >= 11 is 1.39. The Morgan fingerprint density at radius 2 is 1.93 bits per heavy atom. The minimum atomic E-state index is -0.0333. The Bertz CT molecular complexity index is 1140. The zero-order valence-corrected chi connectivity index (χ0v) is 15.9. The number of ether oxygens (including phenoxy) is 1. The summed E-state index contributed by atoms with van der Waals surface area (Å²) in [5, 5.41) is 1.95. The fraction of sp³-hybridized carbons (Fsp3) is 0.238. The molecular weight excluding hydrogens is 376 g/mol. The van der Waals surface area contributed by atoms with E-state index in [0.29, 0.717) is 49.0 Å². The number of carbonyl (C=O) groups excluding carboxylic acids is 1. The van der Waals surface area contributed by atoms with Crippen molar-refractivity contribution in [2.75, 3.05) is 42.6 Å². The lowest BCUT2D eigenvalue weighted by Gasteiger charge is -2.27. The van der Waals surface area contributed by atoms with Gasteiger partial charge in [-0.25, -0.2) is 0 Å². The van der Waals surface area contributed by atoms with Crippen LogP contribution in [-0.2, 0) is 9.53 Å². The van der Waals surface area contributed by atoms with E-state index in [4.69, 9.17) is 9.15 Å². The molecule has 5 rings (SSSR count). The van der Waals surface area contributed by atoms with Crippen LogP contribution in [-0.4, -0.2) is 38.8 Å². The van der Waals surface area contributed by atoms with Crippen LogP contribution in [0.3, 0.4) is 0 Å². The highest BCUT2D eigenvalue weighted by atomic mass is 32.1. The second-order valence-electron chi connectivity index (χ2n) is 6.76. The molecule has 0 atom stereocenters. The minimum Gasteiger partial charge on any atom is -0.439 e. The van der Waals surface area contributed by atoms with Crippen molar-refractivity contribution < 1.29 is 13.9 Å². The quantitative estimate of drug-likeness (QED) is 0.682. The number of amides is 1. The van der Waals surface area contributed by atoms with Gasteiger partial charge in [-0.15, -0.1) is 11.3 Å². The number of carbonyl (C=O) groups is 1. The minimum absolute atomic E-state index is 0.0199. The lowest BCUT2D eigenvalue weighted by atomic mass is 10.1. The summed E-state index contributed by atoms with van der Waals surface area (Å²) in [6, 6.07) is 9.34. The molecule has 1 amide bonds. The van der Waals surface area contributed by atoms with E-state index in [-0.39, 0.29) is 11.3 Å². The smallest absolute Gasteiger partial charge is 0.251 e. The number of nitrogens with zero attached hydrogens (tertiary/aromatic N) is 2. The van der Waals surface area contributed by atoms with Gasteiger partial charge in [0.25, 0.3) is 5.91 Å². The van der Waals surface area contributed by atoms with Gasteiger partial charge in [0.05, 0.1) is 13.2 Å². The van der Waals surface area contributed by atoms with E-state index in [2.05, 4.69) is 0 Å². The van der Waals surface area contributed by atoms with Crippen LogP contribution >= 0.6 is 11.3 Å². The van der Waals surface area contributed by atoms with Gasteiger partial charge in [0, 0.05) is 48.4 Å². The second-order valence-corrected chi connectivity index (χ2v) is 7.64. The van der Waals surface area contributed by atoms with Crippen molar-refractivity contribution in [1.29, 1.82) is 0 Å². The van der Waals surface area contributed by atoms with Crippen LogP contribution in [0.25, 0.3) is 21.4 Å². The van der Waals surface area contributed by atoms with Crippen molar-refractivity contribution in [2.24, 2.45) is 0 Å². The Morgan fingerprint density at radius 3 is 2.71 bits per heavy atom. The molecule has 0 N–H and O–H groups in total. The van der Waals surface area contributed by atoms with E-state index in [1.165, 1.54) is 11.3 Å². The summed E-state index contributed by atoms with van der Waals surface area (Å²) < 4.78 is 12.2. The van der Waals surface area contributed by atoms with Gasteiger partial charge in [0.15, 0.2) is 11.5 Å². The number of hydrogen-bond acceptors (Lipinski definition) is 6. The monoisotopic (exact) mass is 394 g/mol. The largest absolute Gasteiger partial charge is 0.439 e. The van der Waals surface area contributed by atoms with E-state index in [0.717, 1.165) is 16.8 Å². The highest BCUT2D eigenvalue weighted by Gasteiger charge is 2.20. The maximum absolute atomic E-state index is 12.6. The van der Waals surface area contributed by atoms with Crippen molar-refractivity contribution in [3.8, 4) is 11.1 Å². The van der Waals surface area contributed by atoms with Gasteiger partial charge in [0.2, 0.25) is 5.43 Å². The number of morpholine rings is 1. The third-order valence-corrected chi connectivity index (χ3v) is 6.01. The van der Waals surface area contributed by atoms with Crippen molar-refractivity contribution >= 4 is 39.1 Å². The van der Waals surface area contributed by atoms with Crippen LogP contribution in [0.2, 0.25) is 0 Å². The van der Waals surface area contributed by atoms with Crippen LogP contribution < -0.4 is 15.2 Å². The van der Waals surface area contributed by atoms with Crippen molar-refractivity contribution in [1.82, 2.24) is 0 Å². The van der Waals surface area contributed by atoms with Crippen molar-refractivity contribution in [3.05, 3.63) is 58.1 Å². The van der Waals surface area contributed by atoms with Crippen LogP contribution in [0.15, 0.2) is 57.1 Å². The maximum atomic E-state index is 12.6. The van der Waals surface area contributed by atoms with Crippen LogP contribution in [0.5, 0.6) is 0 Å². The molecule has 1 aromatic carbocycles. The summed E-state index contributed by atoms with van der Waals surface area (Å²) in [6.07, 6.45) is 3.43. The molecule has 0 aliphatic carbocycles. The predicted molar refractivity (Wildman–Crippen MR) is 110 cm³/mol. The highest BCUT2D eigenvalue weighted by Crippen LogP contribution is 2.36. The Hall–Kier alpha value is -2.90. The highest BCUT2D eigenvalue weighted by molar-refractivity contribution is 7.17. The molecule has 1 saturated heterocycles. The average molecular weight is 394 g/mol. The molecule has 142 valence electrons. The first kappa shape index (κ1) is 17.2. The first-order valence-electron chi connectivity index (χ1n) is 9.17. The number of hydrogen-bond donors (Lipinski definition) is 0. The summed E-state index contributed by atoms with van der Waals surface area (Å²) in [6.45, 7) is 3.22. The van der Waals surface area contributed by atoms with E-state index in [1.54, 1.807) is 17.0 Å². The molecule has 0 unspecified atom stereocenters. The number of benzene rings is 1. The zero-order valence-electron chi connectivity index (χ0n) is 15.1. The number of thiophene rings is 1. The van der Waals surface area contributed by atoms with Crippen LogP contribution in [0, 0.1) is 0 Å². The third kappa shape index (κ3) is 2.93. The Labute approximate surface area is 165 Å². The van der Waals surface area contributed by atoms with Gasteiger partial charge in [0.1, 0.15) is 4.70 Å². The number of fused-ring (bicyclic) bond motifs is 1. The summed E-state index contributed by atoms with van der Waals surface area (Å²) in [5.41, 5.74) is 3.19. The Kier molecular flexibility index (Phi) is 4.26. The average Bonchev–Trinajstić information content (AvgIpc) is 3.35. The molecule has 2 aromatic heterocycles. The molecule has 4 heterocycles. The van der Waals surface area contributed by atoms with Gasteiger partial charge in [-0.2, -0.15) is 0 Å². The van der Waals surface area contributed by atoms with Gasteiger partial charge < -0.3 is 19.0 Å². The molecule has 0 saturated carbocycles. The lowest BCUT2D eigenvalue weighted by Crippen LogP contribution is -2.36. The van der Waals surface area contributed by atoms with Crippen molar-refractivity contribution in [2.45, 2.75) is 0 Å². The zero-order chi connectivity index (χ0) is 19.1.